The van der Waals surface area contributed by atoms with Gasteiger partial charge in [-0.2, -0.15) is 0 Å². The van der Waals surface area contributed by atoms with Crippen LogP contribution in [0.3, 0.4) is 0 Å². The molecule has 4 heteroatoms. The van der Waals surface area contributed by atoms with Crippen LogP contribution in [-0.2, 0) is 4.79 Å². The monoisotopic (exact) mass is 317 g/mol. The fourth-order valence-corrected chi connectivity index (χ4v) is 5.95. The first-order chi connectivity index (χ1) is 9.26. The predicted octanol–water partition coefficient (Wildman–Crippen LogP) is 3.95. The lowest BCUT2D eigenvalue weighted by atomic mass is 9.49. The van der Waals surface area contributed by atoms with Crippen LogP contribution in [0.1, 0.15) is 52.4 Å². The number of halogens is 2. The van der Waals surface area contributed by atoms with Crippen LogP contribution in [0.2, 0.25) is 0 Å². The molecule has 0 aromatic heterocycles. The molecular weight excluding hydrogens is 293 g/mol. The van der Waals surface area contributed by atoms with Crippen molar-refractivity contribution in [2.45, 2.75) is 57.2 Å². The van der Waals surface area contributed by atoms with Crippen LogP contribution in [0.15, 0.2) is 0 Å². The molecule has 0 aromatic rings. The molecule has 20 heavy (non-hydrogen) atoms. The average molecular weight is 318 g/mol. The number of rotatable bonds is 4. The van der Waals surface area contributed by atoms with Gasteiger partial charge in [0.05, 0.1) is 5.41 Å². The van der Waals surface area contributed by atoms with Gasteiger partial charge in [0.2, 0.25) is 5.91 Å². The highest BCUT2D eigenvalue weighted by atomic mass is 35.5. The van der Waals surface area contributed by atoms with E-state index in [0.29, 0.717) is 5.88 Å². The van der Waals surface area contributed by atoms with Crippen LogP contribution in [0.5, 0.6) is 0 Å². The van der Waals surface area contributed by atoms with E-state index in [1.165, 1.54) is 32.1 Å². The third-order valence-electron chi connectivity index (χ3n) is 5.68. The fourth-order valence-electron chi connectivity index (χ4n) is 5.11. The van der Waals surface area contributed by atoms with E-state index in [1.54, 1.807) is 0 Å². The highest BCUT2D eigenvalue weighted by molar-refractivity contribution is 6.24. The van der Waals surface area contributed by atoms with E-state index < -0.39 is 5.41 Å². The molecule has 0 spiro atoms. The van der Waals surface area contributed by atoms with Gasteiger partial charge in [-0.15, -0.1) is 23.2 Å². The first-order valence-electron chi connectivity index (χ1n) is 7.79. The number of hydrogen-bond donors (Lipinski definition) is 1. The zero-order valence-electron chi connectivity index (χ0n) is 12.5. The van der Waals surface area contributed by atoms with E-state index in [4.69, 9.17) is 23.2 Å². The minimum Gasteiger partial charge on any atom is -0.355 e. The highest BCUT2D eigenvalue weighted by Gasteiger charge is 2.57. The number of carbonyl (C=O) groups excluding carboxylic acids is 1. The summed E-state index contributed by atoms with van der Waals surface area (Å²) in [5.41, 5.74) is -0.230. The van der Waals surface area contributed by atoms with Gasteiger partial charge in [0.1, 0.15) is 0 Å². The molecule has 4 rings (SSSR count). The molecule has 4 fully saturated rings. The minimum atomic E-state index is -0.484. The second-order valence-electron chi connectivity index (χ2n) is 8.31. The lowest BCUT2D eigenvalue weighted by molar-refractivity contribution is -0.130. The van der Waals surface area contributed by atoms with Crippen LogP contribution < -0.4 is 5.32 Å². The molecule has 114 valence electrons. The van der Waals surface area contributed by atoms with Crippen molar-refractivity contribution < 1.29 is 4.79 Å². The van der Waals surface area contributed by atoms with Gasteiger partial charge < -0.3 is 5.32 Å². The Morgan fingerprint density at radius 3 is 2.35 bits per heavy atom. The van der Waals surface area contributed by atoms with Gasteiger partial charge in [0, 0.05) is 17.3 Å². The summed E-state index contributed by atoms with van der Waals surface area (Å²) in [6.07, 6.45) is 7.31. The van der Waals surface area contributed by atoms with E-state index in [9.17, 15) is 4.79 Å². The molecule has 0 aliphatic heterocycles. The SMILES string of the molecule is CC(C)(CCl)C(=O)NCC12CC3CC(CC(Cl)(C3)C1)C2. The van der Waals surface area contributed by atoms with E-state index in [2.05, 4.69) is 5.32 Å². The van der Waals surface area contributed by atoms with Crippen molar-refractivity contribution in [1.82, 2.24) is 5.32 Å². The zero-order chi connectivity index (χ0) is 14.6. The van der Waals surface area contributed by atoms with E-state index in [0.717, 1.165) is 24.8 Å². The summed E-state index contributed by atoms with van der Waals surface area (Å²) in [7, 11) is 0. The molecular formula is C16H25Cl2NO. The van der Waals surface area contributed by atoms with Gasteiger partial charge in [0.15, 0.2) is 0 Å². The summed E-state index contributed by atoms with van der Waals surface area (Å²) >= 11 is 12.7. The Bertz CT molecular complexity index is 407. The number of hydrogen-bond acceptors (Lipinski definition) is 1. The smallest absolute Gasteiger partial charge is 0.226 e. The number of amides is 1. The Kier molecular flexibility index (Phi) is 3.57. The molecule has 2 unspecified atom stereocenters. The third kappa shape index (κ3) is 2.59. The minimum absolute atomic E-state index is 0.0246. The standard InChI is InChI=1S/C16H25Cl2NO/c1-14(2,9-17)13(20)19-10-15-4-11-3-12(5-15)7-16(18,6-11)8-15/h11-12H,3-10H2,1-2H3,(H,19,20). The van der Waals surface area contributed by atoms with Crippen LogP contribution in [-0.4, -0.2) is 23.2 Å². The third-order valence-corrected chi connectivity index (χ3v) is 6.79. The summed E-state index contributed by atoms with van der Waals surface area (Å²) in [5.74, 6) is 2.00. The molecule has 4 aliphatic rings. The van der Waals surface area contributed by atoms with E-state index >= 15 is 0 Å². The number of alkyl halides is 2. The molecule has 0 aromatic carbocycles. The first-order valence-corrected chi connectivity index (χ1v) is 8.70. The first kappa shape index (κ1) is 15.0. The van der Waals surface area contributed by atoms with Gasteiger partial charge in [0.25, 0.3) is 0 Å². The van der Waals surface area contributed by atoms with Crippen molar-refractivity contribution in [3.05, 3.63) is 0 Å². The van der Waals surface area contributed by atoms with E-state index in [1.807, 2.05) is 13.8 Å². The lowest BCUT2D eigenvalue weighted by Crippen LogP contribution is -2.57. The maximum Gasteiger partial charge on any atom is 0.226 e. The Balaban J connectivity index is 1.67. The quantitative estimate of drug-likeness (QED) is 0.782. The lowest BCUT2D eigenvalue weighted by Gasteiger charge is -2.60. The number of carbonyl (C=O) groups is 1. The molecule has 2 atom stereocenters. The van der Waals surface area contributed by atoms with Crippen LogP contribution in [0.25, 0.3) is 0 Å². The molecule has 4 saturated carbocycles. The van der Waals surface area contributed by atoms with Gasteiger partial charge in [-0.25, -0.2) is 0 Å². The van der Waals surface area contributed by atoms with Crippen molar-refractivity contribution in [3.63, 3.8) is 0 Å². The molecule has 0 radical (unpaired) electrons. The van der Waals surface area contributed by atoms with Gasteiger partial charge in [-0.05, 0) is 69.6 Å². The van der Waals surface area contributed by atoms with Crippen molar-refractivity contribution in [1.29, 1.82) is 0 Å². The second-order valence-corrected chi connectivity index (χ2v) is 9.38. The maximum atomic E-state index is 12.2. The predicted molar refractivity (Wildman–Crippen MR) is 83.2 cm³/mol. The molecule has 0 heterocycles. The Morgan fingerprint density at radius 1 is 1.25 bits per heavy atom. The Hall–Kier alpha value is 0.0500. The van der Waals surface area contributed by atoms with Crippen molar-refractivity contribution in [2.24, 2.45) is 22.7 Å². The Morgan fingerprint density at radius 2 is 1.85 bits per heavy atom. The van der Waals surface area contributed by atoms with Gasteiger partial charge >= 0.3 is 0 Å². The van der Waals surface area contributed by atoms with Crippen LogP contribution >= 0.6 is 23.2 Å². The molecule has 4 aliphatic carbocycles. The normalized spacial score (nSPS) is 42.8. The summed E-state index contributed by atoms with van der Waals surface area (Å²) in [4.78, 5) is 12.3. The highest BCUT2D eigenvalue weighted by Crippen LogP contribution is 2.63. The second kappa shape index (κ2) is 4.78. The molecule has 4 bridgehead atoms. The Labute approximate surface area is 132 Å². The van der Waals surface area contributed by atoms with Crippen molar-refractivity contribution in [2.75, 3.05) is 12.4 Å². The molecule has 1 amide bonds. The summed E-state index contributed by atoms with van der Waals surface area (Å²) < 4.78 is 0. The van der Waals surface area contributed by atoms with Gasteiger partial charge in [-0.1, -0.05) is 0 Å². The molecule has 1 N–H and O–H groups in total. The molecule has 2 nitrogen and oxygen atoms in total. The van der Waals surface area contributed by atoms with Crippen molar-refractivity contribution in [3.8, 4) is 0 Å². The topological polar surface area (TPSA) is 29.1 Å². The fraction of sp³-hybridized carbons (Fsp3) is 0.938. The average Bonchev–Trinajstić information content (AvgIpc) is 2.33. The zero-order valence-corrected chi connectivity index (χ0v) is 14.0. The van der Waals surface area contributed by atoms with Gasteiger partial charge in [-0.3, -0.25) is 4.79 Å². The van der Waals surface area contributed by atoms with Crippen LogP contribution in [0.4, 0.5) is 0 Å². The maximum absolute atomic E-state index is 12.2. The van der Waals surface area contributed by atoms with E-state index in [-0.39, 0.29) is 16.2 Å². The number of nitrogens with one attached hydrogen (secondary N) is 1. The molecule has 0 saturated heterocycles. The summed E-state index contributed by atoms with van der Waals surface area (Å²) in [5, 5.41) is 3.17. The summed E-state index contributed by atoms with van der Waals surface area (Å²) in [6, 6.07) is 0. The largest absolute Gasteiger partial charge is 0.355 e. The summed E-state index contributed by atoms with van der Waals surface area (Å²) in [6.45, 7) is 4.59. The van der Waals surface area contributed by atoms with Crippen molar-refractivity contribution >= 4 is 29.1 Å². The van der Waals surface area contributed by atoms with Crippen LogP contribution in [0, 0.1) is 22.7 Å².